The average Bonchev–Trinajstić information content (AvgIpc) is 2.50. The van der Waals surface area contributed by atoms with Crippen molar-refractivity contribution >= 4 is 5.97 Å². The van der Waals surface area contributed by atoms with Crippen LogP contribution in [0.2, 0.25) is 0 Å². The molecule has 1 N–H and O–H groups in total. The second kappa shape index (κ2) is 3.34. The first kappa shape index (κ1) is 8.01. The van der Waals surface area contributed by atoms with Crippen molar-refractivity contribution < 1.29 is 9.53 Å². The summed E-state index contributed by atoms with van der Waals surface area (Å²) < 4.78 is 4.55. The lowest BCUT2D eigenvalue weighted by atomic mass is 10.2. The molecule has 1 atom stereocenters. The highest BCUT2D eigenvalue weighted by Gasteiger charge is 2.20. The number of carbonyl (C=O) groups excluding carboxylic acids is 1. The minimum atomic E-state index is -0.284. The Labute approximate surface area is 65.7 Å². The first-order valence-corrected chi connectivity index (χ1v) is 3.42. The summed E-state index contributed by atoms with van der Waals surface area (Å²) in [4.78, 5) is 10.9. The summed E-state index contributed by atoms with van der Waals surface area (Å²) in [5.41, 5.74) is 1.04. The van der Waals surface area contributed by atoms with Crippen LogP contribution in [0.25, 0.3) is 0 Å². The molecule has 1 aliphatic heterocycles. The predicted molar refractivity (Wildman–Crippen MR) is 42.1 cm³/mol. The van der Waals surface area contributed by atoms with Crippen LogP contribution in [0.3, 0.4) is 0 Å². The Morgan fingerprint density at radius 3 is 3.18 bits per heavy atom. The molecule has 1 aliphatic rings. The average molecular weight is 153 g/mol. The van der Waals surface area contributed by atoms with E-state index in [1.807, 2.05) is 6.08 Å². The van der Waals surface area contributed by atoms with Gasteiger partial charge in [-0.05, 0) is 5.57 Å². The van der Waals surface area contributed by atoms with E-state index in [4.69, 9.17) is 0 Å². The molecular formula is C8H11NO2. The van der Waals surface area contributed by atoms with E-state index in [0.29, 0.717) is 6.54 Å². The number of carbonyl (C=O) groups is 1. The van der Waals surface area contributed by atoms with E-state index in [9.17, 15) is 4.79 Å². The molecule has 0 aliphatic carbocycles. The molecule has 1 rings (SSSR count). The summed E-state index contributed by atoms with van der Waals surface area (Å²) in [7, 11) is 1.38. The van der Waals surface area contributed by atoms with Crippen molar-refractivity contribution in [3.8, 4) is 0 Å². The normalized spacial score (nSPS) is 22.6. The monoisotopic (exact) mass is 153 g/mol. The molecule has 0 fully saturated rings. The van der Waals surface area contributed by atoms with Gasteiger partial charge in [-0.25, -0.2) is 0 Å². The zero-order valence-electron chi connectivity index (χ0n) is 6.46. The maximum absolute atomic E-state index is 10.9. The maximum atomic E-state index is 10.9. The number of hydrogen-bond acceptors (Lipinski definition) is 3. The van der Waals surface area contributed by atoms with Crippen LogP contribution >= 0.6 is 0 Å². The quantitative estimate of drug-likeness (QED) is 0.578. The number of methoxy groups -OCH3 is 1. The van der Waals surface area contributed by atoms with Gasteiger partial charge in [0.1, 0.15) is 6.04 Å². The van der Waals surface area contributed by atoms with Gasteiger partial charge in [0.2, 0.25) is 0 Å². The smallest absolute Gasteiger partial charge is 0.326 e. The highest BCUT2D eigenvalue weighted by atomic mass is 16.5. The van der Waals surface area contributed by atoms with Gasteiger partial charge in [0.05, 0.1) is 7.11 Å². The van der Waals surface area contributed by atoms with Crippen molar-refractivity contribution in [2.75, 3.05) is 13.7 Å². The molecular weight excluding hydrogens is 142 g/mol. The highest BCUT2D eigenvalue weighted by Crippen LogP contribution is 2.06. The summed E-state index contributed by atoms with van der Waals surface area (Å²) in [6.07, 6.45) is 3.55. The van der Waals surface area contributed by atoms with E-state index in [-0.39, 0.29) is 12.0 Å². The Morgan fingerprint density at radius 1 is 2.00 bits per heavy atom. The Balaban J connectivity index is 2.58. The Morgan fingerprint density at radius 2 is 2.73 bits per heavy atom. The zero-order valence-corrected chi connectivity index (χ0v) is 6.46. The summed E-state index contributed by atoms with van der Waals surface area (Å²) in [6, 6.07) is -0.284. The van der Waals surface area contributed by atoms with Gasteiger partial charge in [0.15, 0.2) is 0 Å². The number of esters is 1. The Kier molecular flexibility index (Phi) is 2.44. The summed E-state index contributed by atoms with van der Waals surface area (Å²) in [5, 5.41) is 2.97. The van der Waals surface area contributed by atoms with Gasteiger partial charge in [-0.1, -0.05) is 18.7 Å². The van der Waals surface area contributed by atoms with Crippen LogP contribution in [0.1, 0.15) is 0 Å². The molecule has 0 saturated heterocycles. The largest absolute Gasteiger partial charge is 0.468 e. The lowest BCUT2D eigenvalue weighted by molar-refractivity contribution is -0.141. The second-order valence-electron chi connectivity index (χ2n) is 2.33. The van der Waals surface area contributed by atoms with Gasteiger partial charge in [-0.3, -0.25) is 10.1 Å². The molecule has 0 amide bonds. The molecule has 1 heterocycles. The molecule has 0 aromatic rings. The van der Waals surface area contributed by atoms with E-state index in [2.05, 4.69) is 16.6 Å². The molecule has 0 bridgehead atoms. The van der Waals surface area contributed by atoms with Crippen molar-refractivity contribution in [3.05, 3.63) is 24.3 Å². The van der Waals surface area contributed by atoms with E-state index in [0.717, 1.165) is 5.57 Å². The second-order valence-corrected chi connectivity index (χ2v) is 2.33. The minimum absolute atomic E-state index is 0.248. The first-order valence-electron chi connectivity index (χ1n) is 3.42. The third-order valence-corrected chi connectivity index (χ3v) is 1.62. The van der Waals surface area contributed by atoms with Gasteiger partial charge in [-0.15, -0.1) is 0 Å². The van der Waals surface area contributed by atoms with Gasteiger partial charge in [0, 0.05) is 6.54 Å². The van der Waals surface area contributed by atoms with Crippen molar-refractivity contribution in [2.45, 2.75) is 6.04 Å². The van der Waals surface area contributed by atoms with Crippen molar-refractivity contribution in [1.29, 1.82) is 0 Å². The number of rotatable bonds is 2. The Hall–Kier alpha value is -1.09. The summed E-state index contributed by atoms with van der Waals surface area (Å²) >= 11 is 0. The lowest BCUT2D eigenvalue weighted by Crippen LogP contribution is -2.31. The molecule has 60 valence electrons. The Bertz CT molecular complexity index is 208. The molecule has 0 radical (unpaired) electrons. The SMILES string of the molecule is C=CC1=C[C@@H](C(=O)OC)NC1. The summed E-state index contributed by atoms with van der Waals surface area (Å²) in [6.45, 7) is 4.30. The molecule has 3 heteroatoms. The van der Waals surface area contributed by atoms with E-state index >= 15 is 0 Å². The fourth-order valence-corrected chi connectivity index (χ4v) is 0.978. The van der Waals surface area contributed by atoms with E-state index < -0.39 is 0 Å². The van der Waals surface area contributed by atoms with Crippen LogP contribution in [0, 0.1) is 0 Å². The van der Waals surface area contributed by atoms with Crippen molar-refractivity contribution in [2.24, 2.45) is 0 Å². The molecule has 3 nitrogen and oxygen atoms in total. The fraction of sp³-hybridized carbons (Fsp3) is 0.375. The molecule has 0 unspecified atom stereocenters. The third-order valence-electron chi connectivity index (χ3n) is 1.62. The topological polar surface area (TPSA) is 38.3 Å². The van der Waals surface area contributed by atoms with Crippen LogP contribution in [0.4, 0.5) is 0 Å². The number of nitrogens with one attached hydrogen (secondary N) is 1. The maximum Gasteiger partial charge on any atom is 0.326 e. The minimum Gasteiger partial charge on any atom is -0.468 e. The van der Waals surface area contributed by atoms with E-state index in [1.54, 1.807) is 6.08 Å². The molecule has 0 aromatic carbocycles. The van der Waals surface area contributed by atoms with E-state index in [1.165, 1.54) is 7.11 Å². The van der Waals surface area contributed by atoms with Crippen LogP contribution in [-0.4, -0.2) is 25.7 Å². The van der Waals surface area contributed by atoms with Gasteiger partial charge < -0.3 is 4.74 Å². The van der Waals surface area contributed by atoms with Crippen LogP contribution in [-0.2, 0) is 9.53 Å². The van der Waals surface area contributed by atoms with Gasteiger partial charge >= 0.3 is 5.97 Å². The van der Waals surface area contributed by atoms with Crippen LogP contribution in [0.15, 0.2) is 24.3 Å². The predicted octanol–water partition coefficient (Wildman–Crippen LogP) is 0.244. The lowest BCUT2D eigenvalue weighted by Gasteiger charge is -2.03. The highest BCUT2D eigenvalue weighted by molar-refractivity contribution is 5.79. The number of ether oxygens (including phenoxy) is 1. The molecule has 0 aromatic heterocycles. The van der Waals surface area contributed by atoms with Crippen LogP contribution < -0.4 is 5.32 Å². The first-order chi connectivity index (χ1) is 5.27. The van der Waals surface area contributed by atoms with Gasteiger partial charge in [0.25, 0.3) is 0 Å². The third kappa shape index (κ3) is 1.68. The van der Waals surface area contributed by atoms with Crippen molar-refractivity contribution in [3.63, 3.8) is 0 Å². The van der Waals surface area contributed by atoms with Gasteiger partial charge in [-0.2, -0.15) is 0 Å². The molecule has 0 spiro atoms. The fourth-order valence-electron chi connectivity index (χ4n) is 0.978. The number of hydrogen-bond donors (Lipinski definition) is 1. The summed E-state index contributed by atoms with van der Waals surface area (Å²) in [5.74, 6) is -0.248. The van der Waals surface area contributed by atoms with Crippen molar-refractivity contribution in [1.82, 2.24) is 5.32 Å². The molecule has 11 heavy (non-hydrogen) atoms. The van der Waals surface area contributed by atoms with Crippen LogP contribution in [0.5, 0.6) is 0 Å². The standard InChI is InChI=1S/C8H11NO2/c1-3-6-4-7(9-5-6)8(10)11-2/h3-4,7,9H,1,5H2,2H3/t7-/m0/s1. The molecule has 0 saturated carbocycles. The zero-order chi connectivity index (χ0) is 8.27.